The Morgan fingerprint density at radius 2 is 1.75 bits per heavy atom. The molecule has 1 aromatic rings. The van der Waals surface area contributed by atoms with Crippen molar-refractivity contribution in [3.05, 3.63) is 29.8 Å². The lowest BCUT2D eigenvalue weighted by atomic mass is 9.98. The molecule has 0 amide bonds. The lowest BCUT2D eigenvalue weighted by molar-refractivity contribution is 0.0211. The van der Waals surface area contributed by atoms with Crippen molar-refractivity contribution in [3.8, 4) is 5.75 Å². The van der Waals surface area contributed by atoms with Gasteiger partial charge in [-0.1, -0.05) is 6.42 Å². The third kappa shape index (κ3) is 2.75. The molecule has 0 unspecified atom stereocenters. The Balaban J connectivity index is 1.94. The minimum atomic E-state index is -0.285. The average Bonchev–Trinajstić information content (AvgIpc) is 2.31. The van der Waals surface area contributed by atoms with Crippen molar-refractivity contribution in [3.63, 3.8) is 0 Å². The van der Waals surface area contributed by atoms with Gasteiger partial charge in [0.25, 0.3) is 0 Å². The number of hydrogen-bond acceptors (Lipinski definition) is 3. The van der Waals surface area contributed by atoms with E-state index < -0.39 is 0 Å². The van der Waals surface area contributed by atoms with Crippen LogP contribution in [0.1, 0.15) is 42.5 Å². The average molecular weight is 220 g/mol. The maximum absolute atomic E-state index is 11.7. The number of benzene rings is 1. The summed E-state index contributed by atoms with van der Waals surface area (Å²) in [5.74, 6) is -0.124. The lowest BCUT2D eigenvalue weighted by Crippen LogP contribution is -2.20. The number of carbonyl (C=O) groups is 1. The molecule has 0 aromatic heterocycles. The molecule has 86 valence electrons. The van der Waals surface area contributed by atoms with E-state index in [4.69, 9.17) is 9.84 Å². The molecule has 0 saturated heterocycles. The molecule has 3 nitrogen and oxygen atoms in total. The van der Waals surface area contributed by atoms with Crippen molar-refractivity contribution < 1.29 is 14.6 Å². The van der Waals surface area contributed by atoms with Crippen LogP contribution in [0.4, 0.5) is 0 Å². The number of phenolic OH excluding ortho intramolecular Hbond substituents is 1. The summed E-state index contributed by atoms with van der Waals surface area (Å²) in [6.45, 7) is 0. The second kappa shape index (κ2) is 5.01. The number of esters is 1. The maximum atomic E-state index is 11.7. The van der Waals surface area contributed by atoms with Crippen LogP contribution < -0.4 is 0 Å². The zero-order chi connectivity index (χ0) is 11.4. The smallest absolute Gasteiger partial charge is 0.338 e. The topological polar surface area (TPSA) is 46.5 Å². The Bertz CT molecular complexity index is 350. The quantitative estimate of drug-likeness (QED) is 0.779. The zero-order valence-electron chi connectivity index (χ0n) is 9.19. The van der Waals surface area contributed by atoms with Crippen molar-refractivity contribution in [1.82, 2.24) is 0 Å². The molecule has 0 bridgehead atoms. The number of phenols is 1. The fourth-order valence-electron chi connectivity index (χ4n) is 2.00. The zero-order valence-corrected chi connectivity index (χ0v) is 9.19. The van der Waals surface area contributed by atoms with Crippen LogP contribution in [0.5, 0.6) is 5.75 Å². The summed E-state index contributed by atoms with van der Waals surface area (Å²) in [5, 5.41) is 9.11. The molecule has 16 heavy (non-hydrogen) atoms. The fourth-order valence-corrected chi connectivity index (χ4v) is 2.00. The first-order valence-corrected chi connectivity index (χ1v) is 5.76. The van der Waals surface area contributed by atoms with Crippen LogP contribution in [0, 0.1) is 0 Å². The van der Waals surface area contributed by atoms with Gasteiger partial charge in [-0.15, -0.1) is 0 Å². The lowest BCUT2D eigenvalue weighted by Gasteiger charge is -2.21. The Morgan fingerprint density at radius 1 is 1.12 bits per heavy atom. The van der Waals surface area contributed by atoms with Gasteiger partial charge in [-0.25, -0.2) is 4.79 Å². The van der Waals surface area contributed by atoms with Crippen LogP contribution in [0.2, 0.25) is 0 Å². The standard InChI is InChI=1S/C13H16O3/c14-11-8-6-10(7-9-11)13(15)16-12-4-2-1-3-5-12/h6-9,12,14H,1-5H2. The monoisotopic (exact) mass is 220 g/mol. The van der Waals surface area contributed by atoms with E-state index in [0.29, 0.717) is 5.56 Å². The van der Waals surface area contributed by atoms with Gasteiger partial charge in [0.15, 0.2) is 0 Å². The highest BCUT2D eigenvalue weighted by molar-refractivity contribution is 5.89. The van der Waals surface area contributed by atoms with Crippen molar-refractivity contribution in [1.29, 1.82) is 0 Å². The van der Waals surface area contributed by atoms with E-state index in [1.54, 1.807) is 12.1 Å². The van der Waals surface area contributed by atoms with Gasteiger partial charge in [-0.05, 0) is 49.9 Å². The molecule has 0 aliphatic heterocycles. The molecule has 1 saturated carbocycles. The van der Waals surface area contributed by atoms with Crippen molar-refractivity contribution in [2.45, 2.75) is 38.2 Å². The highest BCUT2D eigenvalue weighted by Gasteiger charge is 2.18. The van der Waals surface area contributed by atoms with Gasteiger partial charge in [0, 0.05) is 0 Å². The van der Waals surface area contributed by atoms with Crippen molar-refractivity contribution in [2.75, 3.05) is 0 Å². The van der Waals surface area contributed by atoms with E-state index in [2.05, 4.69) is 0 Å². The first kappa shape index (κ1) is 11.0. The molecule has 1 aliphatic carbocycles. The molecule has 0 atom stereocenters. The molecule has 1 fully saturated rings. The molecule has 1 aromatic carbocycles. The summed E-state index contributed by atoms with van der Waals surface area (Å²) in [5.41, 5.74) is 0.503. The second-order valence-electron chi connectivity index (χ2n) is 4.21. The molecule has 0 radical (unpaired) electrons. The molecule has 1 N–H and O–H groups in total. The van der Waals surface area contributed by atoms with E-state index in [1.807, 2.05) is 0 Å². The van der Waals surface area contributed by atoms with Crippen LogP contribution in [0.15, 0.2) is 24.3 Å². The minimum absolute atomic E-state index is 0.0788. The molecule has 2 rings (SSSR count). The van der Waals surface area contributed by atoms with Gasteiger partial charge in [0.1, 0.15) is 11.9 Å². The number of ether oxygens (including phenoxy) is 1. The van der Waals surface area contributed by atoms with Crippen LogP contribution in [-0.4, -0.2) is 17.2 Å². The number of carbonyl (C=O) groups excluding carboxylic acids is 1. The molecule has 0 spiro atoms. The molecule has 1 aliphatic rings. The predicted molar refractivity (Wildman–Crippen MR) is 60.4 cm³/mol. The van der Waals surface area contributed by atoms with Gasteiger partial charge in [0.05, 0.1) is 5.56 Å². The van der Waals surface area contributed by atoms with E-state index in [1.165, 1.54) is 18.6 Å². The third-order valence-electron chi connectivity index (χ3n) is 2.93. The van der Waals surface area contributed by atoms with Gasteiger partial charge in [0.2, 0.25) is 0 Å². The Morgan fingerprint density at radius 3 is 2.38 bits per heavy atom. The first-order chi connectivity index (χ1) is 7.75. The highest BCUT2D eigenvalue weighted by Crippen LogP contribution is 2.21. The molecular formula is C13H16O3. The van der Waals surface area contributed by atoms with Gasteiger partial charge >= 0.3 is 5.97 Å². The van der Waals surface area contributed by atoms with Crippen molar-refractivity contribution >= 4 is 5.97 Å². The van der Waals surface area contributed by atoms with E-state index in [9.17, 15) is 4.79 Å². The van der Waals surface area contributed by atoms with Crippen molar-refractivity contribution in [2.24, 2.45) is 0 Å². The Labute approximate surface area is 95.0 Å². The molecule has 3 heteroatoms. The number of aromatic hydroxyl groups is 1. The predicted octanol–water partition coefficient (Wildman–Crippen LogP) is 2.88. The summed E-state index contributed by atoms with van der Waals surface area (Å²) in [6.07, 6.45) is 5.57. The van der Waals surface area contributed by atoms with E-state index in [0.717, 1.165) is 25.7 Å². The van der Waals surface area contributed by atoms with Crippen LogP contribution >= 0.6 is 0 Å². The van der Waals surface area contributed by atoms with Gasteiger partial charge < -0.3 is 9.84 Å². The summed E-state index contributed by atoms with van der Waals surface area (Å²) in [4.78, 5) is 11.7. The Kier molecular flexibility index (Phi) is 3.44. The van der Waals surface area contributed by atoms with Crippen LogP contribution in [0.3, 0.4) is 0 Å². The van der Waals surface area contributed by atoms with Crippen LogP contribution in [-0.2, 0) is 4.74 Å². The van der Waals surface area contributed by atoms with Crippen LogP contribution in [0.25, 0.3) is 0 Å². The first-order valence-electron chi connectivity index (χ1n) is 5.76. The maximum Gasteiger partial charge on any atom is 0.338 e. The number of hydrogen-bond donors (Lipinski definition) is 1. The van der Waals surface area contributed by atoms with E-state index in [-0.39, 0.29) is 17.8 Å². The number of rotatable bonds is 2. The highest BCUT2D eigenvalue weighted by atomic mass is 16.5. The minimum Gasteiger partial charge on any atom is -0.508 e. The third-order valence-corrected chi connectivity index (χ3v) is 2.93. The summed E-state index contributed by atoms with van der Waals surface area (Å²) in [7, 11) is 0. The fraction of sp³-hybridized carbons (Fsp3) is 0.462. The summed E-state index contributed by atoms with van der Waals surface area (Å²) < 4.78 is 5.40. The van der Waals surface area contributed by atoms with Gasteiger partial charge in [-0.2, -0.15) is 0 Å². The molecular weight excluding hydrogens is 204 g/mol. The van der Waals surface area contributed by atoms with E-state index >= 15 is 0 Å². The molecule has 0 heterocycles. The SMILES string of the molecule is O=C(OC1CCCCC1)c1ccc(O)cc1. The summed E-state index contributed by atoms with van der Waals surface area (Å²) >= 11 is 0. The normalized spacial score (nSPS) is 17.0. The second-order valence-corrected chi connectivity index (χ2v) is 4.21. The Hall–Kier alpha value is -1.51. The summed E-state index contributed by atoms with van der Waals surface area (Å²) in [6, 6.07) is 6.16. The largest absolute Gasteiger partial charge is 0.508 e. The van der Waals surface area contributed by atoms with Gasteiger partial charge in [-0.3, -0.25) is 0 Å².